The van der Waals surface area contributed by atoms with Crippen LogP contribution in [0.5, 0.6) is 6.01 Å². The molecule has 2 fully saturated rings. The van der Waals surface area contributed by atoms with Gasteiger partial charge in [-0.05, 0) is 37.7 Å². The molecule has 5 heteroatoms. The maximum Gasteiger partial charge on any atom is 0.316 e. The van der Waals surface area contributed by atoms with E-state index in [-0.39, 0.29) is 12.0 Å². The zero-order valence-electron chi connectivity index (χ0n) is 14.0. The van der Waals surface area contributed by atoms with E-state index in [0.29, 0.717) is 18.5 Å². The Morgan fingerprint density at radius 3 is 2.61 bits per heavy atom. The van der Waals surface area contributed by atoms with Crippen LogP contribution < -0.4 is 4.74 Å². The Morgan fingerprint density at radius 1 is 1.17 bits per heavy atom. The van der Waals surface area contributed by atoms with Gasteiger partial charge >= 0.3 is 6.01 Å². The van der Waals surface area contributed by atoms with Crippen molar-refractivity contribution in [3.8, 4) is 6.01 Å². The molecule has 126 valence electrons. The summed E-state index contributed by atoms with van der Waals surface area (Å²) in [5, 5.41) is 0. The molecule has 1 aromatic heterocycles. The lowest BCUT2D eigenvalue weighted by Gasteiger charge is -2.35. The molecule has 3 rings (SSSR count). The van der Waals surface area contributed by atoms with Crippen molar-refractivity contribution >= 4 is 5.91 Å². The van der Waals surface area contributed by atoms with Gasteiger partial charge in [-0.3, -0.25) is 4.79 Å². The highest BCUT2D eigenvalue weighted by Crippen LogP contribution is 2.27. The fraction of sp³-hybridized carbons (Fsp3) is 0.722. The predicted molar refractivity (Wildman–Crippen MR) is 88.2 cm³/mol. The van der Waals surface area contributed by atoms with Crippen molar-refractivity contribution in [2.45, 2.75) is 64.4 Å². The van der Waals surface area contributed by atoms with E-state index in [1.807, 2.05) is 17.3 Å². The molecule has 0 spiro atoms. The van der Waals surface area contributed by atoms with Crippen LogP contribution in [0.1, 0.15) is 57.4 Å². The van der Waals surface area contributed by atoms with Gasteiger partial charge in [-0.25, -0.2) is 9.97 Å². The van der Waals surface area contributed by atoms with Crippen molar-refractivity contribution in [2.75, 3.05) is 13.1 Å². The molecule has 1 aliphatic carbocycles. The highest BCUT2D eigenvalue weighted by Gasteiger charge is 2.30. The van der Waals surface area contributed by atoms with Gasteiger partial charge < -0.3 is 9.64 Å². The van der Waals surface area contributed by atoms with Gasteiger partial charge in [0, 0.05) is 24.9 Å². The summed E-state index contributed by atoms with van der Waals surface area (Å²) < 4.78 is 5.91. The molecule has 1 saturated carbocycles. The summed E-state index contributed by atoms with van der Waals surface area (Å²) in [6, 6.07) is 0.430. The molecule has 0 aromatic carbocycles. The van der Waals surface area contributed by atoms with Crippen LogP contribution in [0.4, 0.5) is 0 Å². The van der Waals surface area contributed by atoms with E-state index in [9.17, 15) is 4.79 Å². The van der Waals surface area contributed by atoms with Crippen LogP contribution in [0.3, 0.4) is 0 Å². The van der Waals surface area contributed by atoms with Crippen LogP contribution in [0.15, 0.2) is 12.4 Å². The van der Waals surface area contributed by atoms with Crippen LogP contribution in [0.2, 0.25) is 0 Å². The average Bonchev–Trinajstić information content (AvgIpc) is 2.63. The second-order valence-electron chi connectivity index (χ2n) is 6.73. The van der Waals surface area contributed by atoms with E-state index in [4.69, 9.17) is 4.74 Å². The molecule has 0 radical (unpaired) electrons. The van der Waals surface area contributed by atoms with Crippen molar-refractivity contribution in [2.24, 2.45) is 5.92 Å². The van der Waals surface area contributed by atoms with Gasteiger partial charge in [0.2, 0.25) is 5.91 Å². The first-order valence-electron chi connectivity index (χ1n) is 9.02. The topological polar surface area (TPSA) is 55.3 Å². The Kier molecular flexibility index (Phi) is 5.47. The van der Waals surface area contributed by atoms with E-state index >= 15 is 0 Å². The number of aromatic nitrogens is 2. The van der Waals surface area contributed by atoms with Gasteiger partial charge in [0.25, 0.3) is 0 Å². The van der Waals surface area contributed by atoms with E-state index in [2.05, 4.69) is 16.9 Å². The fourth-order valence-electron chi connectivity index (χ4n) is 3.58. The minimum Gasteiger partial charge on any atom is -0.458 e. The number of piperidine rings is 1. The number of rotatable bonds is 4. The minimum absolute atomic E-state index is 0.0174. The lowest BCUT2D eigenvalue weighted by atomic mass is 9.88. The summed E-state index contributed by atoms with van der Waals surface area (Å²) in [5.41, 5.74) is 1.11. The highest BCUT2D eigenvalue weighted by molar-refractivity contribution is 5.79. The summed E-state index contributed by atoms with van der Waals surface area (Å²) in [4.78, 5) is 23.2. The molecular formula is C18H27N3O2. The molecule has 1 aromatic rings. The number of hydrogen-bond acceptors (Lipinski definition) is 4. The standard InChI is InChI=1S/C18H27N3O2/c1-2-14-11-19-18(20-12-14)23-16-9-6-10-21(13-16)17(22)15-7-4-3-5-8-15/h11-12,15-16H,2-10,13H2,1H3. The first kappa shape index (κ1) is 16.2. The highest BCUT2D eigenvalue weighted by atomic mass is 16.5. The monoisotopic (exact) mass is 317 g/mol. The van der Waals surface area contributed by atoms with Gasteiger partial charge in [0.15, 0.2) is 0 Å². The molecule has 5 nitrogen and oxygen atoms in total. The number of ether oxygens (including phenoxy) is 1. The zero-order chi connectivity index (χ0) is 16.1. The van der Waals surface area contributed by atoms with Crippen LogP contribution >= 0.6 is 0 Å². The summed E-state index contributed by atoms with van der Waals surface area (Å²) in [6.07, 6.45) is 12.3. The summed E-state index contributed by atoms with van der Waals surface area (Å²) >= 11 is 0. The predicted octanol–water partition coefficient (Wildman–Crippen LogP) is 2.99. The molecule has 0 N–H and O–H groups in total. The molecule has 2 heterocycles. The van der Waals surface area contributed by atoms with Crippen LogP contribution in [-0.4, -0.2) is 40.0 Å². The lowest BCUT2D eigenvalue weighted by molar-refractivity contribution is -0.139. The van der Waals surface area contributed by atoms with Crippen LogP contribution in [0, 0.1) is 5.92 Å². The van der Waals surface area contributed by atoms with E-state index in [1.165, 1.54) is 19.3 Å². The quantitative estimate of drug-likeness (QED) is 0.856. The fourth-order valence-corrected chi connectivity index (χ4v) is 3.58. The molecular weight excluding hydrogens is 290 g/mol. The van der Waals surface area contributed by atoms with Crippen LogP contribution in [0.25, 0.3) is 0 Å². The largest absolute Gasteiger partial charge is 0.458 e. The van der Waals surface area contributed by atoms with Gasteiger partial charge in [-0.1, -0.05) is 26.2 Å². The molecule has 1 amide bonds. The number of amides is 1. The van der Waals surface area contributed by atoms with Crippen molar-refractivity contribution in [1.29, 1.82) is 0 Å². The Hall–Kier alpha value is -1.65. The number of carbonyl (C=O) groups excluding carboxylic acids is 1. The Bertz CT molecular complexity index is 512. The van der Waals surface area contributed by atoms with Gasteiger partial charge in [-0.15, -0.1) is 0 Å². The number of likely N-dealkylation sites (tertiary alicyclic amines) is 1. The van der Waals surface area contributed by atoms with Gasteiger partial charge in [-0.2, -0.15) is 0 Å². The second kappa shape index (κ2) is 7.75. The van der Waals surface area contributed by atoms with Crippen LogP contribution in [-0.2, 0) is 11.2 Å². The molecule has 23 heavy (non-hydrogen) atoms. The first-order valence-corrected chi connectivity index (χ1v) is 9.02. The lowest BCUT2D eigenvalue weighted by Crippen LogP contribution is -2.47. The van der Waals surface area contributed by atoms with Gasteiger partial charge in [0.1, 0.15) is 6.10 Å². The van der Waals surface area contributed by atoms with E-state index in [1.54, 1.807) is 0 Å². The molecule has 2 aliphatic rings. The Morgan fingerprint density at radius 2 is 1.91 bits per heavy atom. The second-order valence-corrected chi connectivity index (χ2v) is 6.73. The third-order valence-corrected chi connectivity index (χ3v) is 5.01. The Balaban J connectivity index is 1.55. The maximum atomic E-state index is 12.7. The molecule has 0 bridgehead atoms. The zero-order valence-corrected chi connectivity index (χ0v) is 14.0. The molecule has 1 aliphatic heterocycles. The minimum atomic E-state index is 0.0174. The maximum absolute atomic E-state index is 12.7. The number of carbonyl (C=O) groups is 1. The van der Waals surface area contributed by atoms with Gasteiger partial charge in [0.05, 0.1) is 6.54 Å². The number of aryl methyl sites for hydroxylation is 1. The van der Waals surface area contributed by atoms with E-state index in [0.717, 1.165) is 44.2 Å². The molecule has 1 saturated heterocycles. The first-order chi connectivity index (χ1) is 11.3. The van der Waals surface area contributed by atoms with E-state index < -0.39 is 0 Å². The number of nitrogens with zero attached hydrogens (tertiary/aromatic N) is 3. The van der Waals surface area contributed by atoms with Crippen molar-refractivity contribution in [3.63, 3.8) is 0 Å². The normalized spacial score (nSPS) is 22.8. The summed E-state index contributed by atoms with van der Waals surface area (Å²) in [7, 11) is 0. The third kappa shape index (κ3) is 4.21. The third-order valence-electron chi connectivity index (χ3n) is 5.01. The van der Waals surface area contributed by atoms with Crippen molar-refractivity contribution < 1.29 is 9.53 Å². The summed E-state index contributed by atoms with van der Waals surface area (Å²) in [5.74, 6) is 0.572. The summed E-state index contributed by atoms with van der Waals surface area (Å²) in [6.45, 7) is 3.62. The van der Waals surface area contributed by atoms with Crippen molar-refractivity contribution in [1.82, 2.24) is 14.9 Å². The smallest absolute Gasteiger partial charge is 0.316 e. The molecule has 1 unspecified atom stereocenters. The number of hydrogen-bond donors (Lipinski definition) is 0. The SMILES string of the molecule is CCc1cnc(OC2CCCN(C(=O)C3CCCCC3)C2)nc1. The average molecular weight is 317 g/mol. The molecule has 1 atom stereocenters. The Labute approximate surface area is 138 Å². The van der Waals surface area contributed by atoms with Crippen molar-refractivity contribution in [3.05, 3.63) is 18.0 Å².